The Labute approximate surface area is 145 Å². The molecule has 0 aliphatic rings. The molecule has 0 radical (unpaired) electrons. The second-order valence-electron chi connectivity index (χ2n) is 5.30. The van der Waals surface area contributed by atoms with Crippen LogP contribution in [0.2, 0.25) is 5.02 Å². The number of hydrogen-bond donors (Lipinski definition) is 1. The predicted octanol–water partition coefficient (Wildman–Crippen LogP) is 3.33. The molecule has 0 heterocycles. The Kier molecular flexibility index (Phi) is 6.44. The van der Waals surface area contributed by atoms with Crippen LogP contribution in [0.15, 0.2) is 36.4 Å². The molecule has 0 fully saturated rings. The number of ether oxygens (including phenoxy) is 2. The van der Waals surface area contributed by atoms with Crippen LogP contribution in [0.25, 0.3) is 10.8 Å². The fourth-order valence-electron chi connectivity index (χ4n) is 2.17. The second kappa shape index (κ2) is 8.55. The van der Waals surface area contributed by atoms with Crippen LogP contribution < -0.4 is 10.1 Å². The summed E-state index contributed by atoms with van der Waals surface area (Å²) < 4.78 is 10.6. The van der Waals surface area contributed by atoms with Gasteiger partial charge in [0.2, 0.25) is 0 Å². The lowest BCUT2D eigenvalue weighted by atomic mass is 10.1. The van der Waals surface area contributed by atoms with E-state index >= 15 is 0 Å². The minimum atomic E-state index is -0.852. The van der Waals surface area contributed by atoms with E-state index in [1.807, 2.05) is 31.2 Å². The van der Waals surface area contributed by atoms with E-state index in [0.29, 0.717) is 17.3 Å². The van der Waals surface area contributed by atoms with E-state index in [1.54, 1.807) is 12.1 Å². The lowest BCUT2D eigenvalue weighted by molar-refractivity contribution is -0.156. The maximum atomic E-state index is 11.9. The third-order valence-corrected chi connectivity index (χ3v) is 3.73. The van der Waals surface area contributed by atoms with Crippen molar-refractivity contribution in [2.75, 3.05) is 13.2 Å². The Morgan fingerprint density at radius 3 is 2.58 bits per heavy atom. The topological polar surface area (TPSA) is 64.6 Å². The van der Waals surface area contributed by atoms with E-state index in [4.69, 9.17) is 21.1 Å². The lowest BCUT2D eigenvalue weighted by Gasteiger charge is -2.14. The molecule has 5 nitrogen and oxygen atoms in total. The molecule has 2 rings (SSSR count). The van der Waals surface area contributed by atoms with E-state index < -0.39 is 12.1 Å². The van der Waals surface area contributed by atoms with Crippen LogP contribution in [0.5, 0.6) is 5.75 Å². The second-order valence-corrected chi connectivity index (χ2v) is 5.71. The highest BCUT2D eigenvalue weighted by atomic mass is 35.5. The molecular formula is C18H20ClNO4. The first-order chi connectivity index (χ1) is 11.5. The maximum absolute atomic E-state index is 11.9. The molecule has 0 spiro atoms. The Hall–Kier alpha value is -2.27. The molecule has 2 aromatic carbocycles. The molecule has 0 saturated heterocycles. The summed E-state index contributed by atoms with van der Waals surface area (Å²) in [5.74, 6) is -0.384. The molecule has 0 aromatic heterocycles. The van der Waals surface area contributed by atoms with Gasteiger partial charge in [-0.15, -0.1) is 0 Å². The van der Waals surface area contributed by atoms with Crippen LogP contribution in [-0.2, 0) is 14.3 Å². The zero-order valence-corrected chi connectivity index (χ0v) is 14.4. The Balaban J connectivity index is 1.95. The number of esters is 1. The number of nitrogens with one attached hydrogen (secondary N) is 1. The molecule has 6 heteroatoms. The Morgan fingerprint density at radius 1 is 1.17 bits per heavy atom. The number of benzene rings is 2. The van der Waals surface area contributed by atoms with Gasteiger partial charge in [-0.05, 0) is 25.5 Å². The smallest absolute Gasteiger partial charge is 0.344 e. The van der Waals surface area contributed by atoms with Gasteiger partial charge in [-0.25, -0.2) is 4.79 Å². The van der Waals surface area contributed by atoms with Crippen molar-refractivity contribution in [3.63, 3.8) is 0 Å². The highest BCUT2D eigenvalue weighted by Gasteiger charge is 2.17. The number of amides is 1. The SMILES string of the molecule is CCCNC(=O)[C@H](C)OC(=O)COc1ccc(Cl)c2ccccc12. The average Bonchev–Trinajstić information content (AvgIpc) is 2.59. The maximum Gasteiger partial charge on any atom is 0.344 e. The lowest BCUT2D eigenvalue weighted by Crippen LogP contribution is -2.37. The summed E-state index contributed by atoms with van der Waals surface area (Å²) in [6.45, 7) is 3.74. The molecule has 1 atom stereocenters. The number of carbonyl (C=O) groups is 2. The van der Waals surface area contributed by atoms with Gasteiger partial charge in [0.15, 0.2) is 12.7 Å². The number of rotatable bonds is 7. The molecule has 24 heavy (non-hydrogen) atoms. The van der Waals surface area contributed by atoms with Gasteiger partial charge in [0.25, 0.3) is 5.91 Å². The molecule has 0 bridgehead atoms. The van der Waals surface area contributed by atoms with E-state index in [0.717, 1.165) is 17.2 Å². The summed E-state index contributed by atoms with van der Waals surface area (Å²) in [6.07, 6.45) is -0.0336. The van der Waals surface area contributed by atoms with Gasteiger partial charge in [-0.2, -0.15) is 0 Å². The van der Waals surface area contributed by atoms with E-state index in [-0.39, 0.29) is 12.5 Å². The first-order valence-electron chi connectivity index (χ1n) is 7.80. The van der Waals surface area contributed by atoms with Gasteiger partial charge in [0, 0.05) is 22.3 Å². The summed E-state index contributed by atoms with van der Waals surface area (Å²) in [5, 5.41) is 4.94. The van der Waals surface area contributed by atoms with Gasteiger partial charge in [-0.1, -0.05) is 42.8 Å². The van der Waals surface area contributed by atoms with Crippen molar-refractivity contribution in [1.82, 2.24) is 5.32 Å². The first-order valence-corrected chi connectivity index (χ1v) is 8.18. The van der Waals surface area contributed by atoms with Gasteiger partial charge < -0.3 is 14.8 Å². The molecule has 1 amide bonds. The van der Waals surface area contributed by atoms with Crippen LogP contribution in [0.1, 0.15) is 20.3 Å². The molecule has 2 aromatic rings. The van der Waals surface area contributed by atoms with Crippen molar-refractivity contribution in [1.29, 1.82) is 0 Å². The van der Waals surface area contributed by atoms with Crippen LogP contribution in [0.4, 0.5) is 0 Å². The normalized spacial score (nSPS) is 11.8. The third-order valence-electron chi connectivity index (χ3n) is 3.40. The monoisotopic (exact) mass is 349 g/mol. The van der Waals surface area contributed by atoms with Crippen molar-refractivity contribution >= 4 is 34.2 Å². The molecule has 128 valence electrons. The molecule has 1 N–H and O–H groups in total. The summed E-state index contributed by atoms with van der Waals surface area (Å²) in [4.78, 5) is 23.5. The van der Waals surface area contributed by atoms with E-state index in [1.165, 1.54) is 6.92 Å². The Morgan fingerprint density at radius 2 is 1.88 bits per heavy atom. The van der Waals surface area contributed by atoms with Crippen LogP contribution in [0.3, 0.4) is 0 Å². The van der Waals surface area contributed by atoms with Crippen LogP contribution in [-0.4, -0.2) is 31.1 Å². The fraction of sp³-hybridized carbons (Fsp3) is 0.333. The van der Waals surface area contributed by atoms with Crippen molar-refractivity contribution < 1.29 is 19.1 Å². The highest BCUT2D eigenvalue weighted by molar-refractivity contribution is 6.35. The van der Waals surface area contributed by atoms with Crippen molar-refractivity contribution in [3.05, 3.63) is 41.4 Å². The molecule has 0 aliphatic carbocycles. The predicted molar refractivity (Wildman–Crippen MR) is 93.3 cm³/mol. The molecular weight excluding hydrogens is 330 g/mol. The van der Waals surface area contributed by atoms with Crippen molar-refractivity contribution in [3.8, 4) is 5.75 Å². The van der Waals surface area contributed by atoms with Crippen LogP contribution in [0, 0.1) is 0 Å². The fourth-order valence-corrected chi connectivity index (χ4v) is 2.40. The zero-order valence-electron chi connectivity index (χ0n) is 13.7. The third kappa shape index (κ3) is 4.61. The summed E-state index contributed by atoms with van der Waals surface area (Å²) in [7, 11) is 0. The van der Waals surface area contributed by atoms with Gasteiger partial charge in [0.1, 0.15) is 5.75 Å². The average molecular weight is 350 g/mol. The summed E-state index contributed by atoms with van der Waals surface area (Å²) in [5.41, 5.74) is 0. The van der Waals surface area contributed by atoms with Crippen molar-refractivity contribution in [2.45, 2.75) is 26.4 Å². The molecule has 0 unspecified atom stereocenters. The van der Waals surface area contributed by atoms with Gasteiger partial charge in [-0.3, -0.25) is 4.79 Å². The number of carbonyl (C=O) groups excluding carboxylic acids is 2. The number of fused-ring (bicyclic) bond motifs is 1. The Bertz CT molecular complexity index is 732. The molecule has 0 aliphatic heterocycles. The van der Waals surface area contributed by atoms with E-state index in [2.05, 4.69) is 5.32 Å². The van der Waals surface area contributed by atoms with Gasteiger partial charge in [0.05, 0.1) is 0 Å². The van der Waals surface area contributed by atoms with Crippen LogP contribution >= 0.6 is 11.6 Å². The number of hydrogen-bond acceptors (Lipinski definition) is 4. The molecule has 0 saturated carbocycles. The minimum absolute atomic E-state index is 0.281. The first kappa shape index (κ1) is 18.1. The summed E-state index contributed by atoms with van der Waals surface area (Å²) >= 11 is 6.15. The number of halogens is 1. The van der Waals surface area contributed by atoms with E-state index in [9.17, 15) is 9.59 Å². The quantitative estimate of drug-likeness (QED) is 0.779. The van der Waals surface area contributed by atoms with Gasteiger partial charge >= 0.3 is 5.97 Å². The van der Waals surface area contributed by atoms with Crippen molar-refractivity contribution in [2.24, 2.45) is 0 Å². The highest BCUT2D eigenvalue weighted by Crippen LogP contribution is 2.31. The zero-order chi connectivity index (χ0) is 17.5. The summed E-state index contributed by atoms with van der Waals surface area (Å²) in [6, 6.07) is 10.9. The standard InChI is InChI=1S/C18H20ClNO4/c1-3-10-20-18(22)12(2)24-17(21)11-23-16-9-8-15(19)13-6-4-5-7-14(13)16/h4-9,12H,3,10-11H2,1-2H3,(H,20,22)/t12-/m0/s1. The largest absolute Gasteiger partial charge is 0.481 e. The minimum Gasteiger partial charge on any atom is -0.481 e.